The van der Waals surface area contributed by atoms with Crippen molar-refractivity contribution in [3.05, 3.63) is 97.2 Å². The molecule has 0 aromatic rings. The van der Waals surface area contributed by atoms with Gasteiger partial charge in [-0.1, -0.05) is 188 Å². The van der Waals surface area contributed by atoms with Crippen LogP contribution in [0.4, 0.5) is 0 Å². The zero-order valence-corrected chi connectivity index (χ0v) is 41.9. The average molecular weight is 901 g/mol. The lowest BCUT2D eigenvalue weighted by Crippen LogP contribution is -2.37. The number of carbonyl (C=O) groups excluding carboxylic acids is 1. The van der Waals surface area contributed by atoms with E-state index in [-0.39, 0.29) is 25.8 Å². The minimum Gasteiger partial charge on any atom is -0.457 e. The number of phosphoric ester groups is 1. The number of ether oxygens (including phenoxy) is 2. The Balaban J connectivity index is 4.24. The molecule has 0 heterocycles. The van der Waals surface area contributed by atoms with E-state index in [9.17, 15) is 14.3 Å². The predicted octanol–water partition coefficient (Wildman–Crippen LogP) is 15.4. The molecule has 0 aliphatic rings. The van der Waals surface area contributed by atoms with Crippen molar-refractivity contribution in [1.29, 1.82) is 0 Å². The molecule has 1 N–H and O–H groups in total. The van der Waals surface area contributed by atoms with Crippen LogP contribution in [0.5, 0.6) is 0 Å². The van der Waals surface area contributed by atoms with Gasteiger partial charge >= 0.3 is 13.8 Å². The van der Waals surface area contributed by atoms with E-state index in [2.05, 4.69) is 111 Å². The van der Waals surface area contributed by atoms with Crippen molar-refractivity contribution in [2.24, 2.45) is 0 Å². The number of hydrogen-bond donors (Lipinski definition) is 1. The van der Waals surface area contributed by atoms with Crippen molar-refractivity contribution >= 4 is 13.8 Å². The van der Waals surface area contributed by atoms with Crippen LogP contribution in [0.3, 0.4) is 0 Å². The predicted molar refractivity (Wildman–Crippen MR) is 270 cm³/mol. The highest BCUT2D eigenvalue weighted by molar-refractivity contribution is 7.47. The van der Waals surface area contributed by atoms with Crippen molar-refractivity contribution in [3.8, 4) is 0 Å². The van der Waals surface area contributed by atoms with Crippen LogP contribution >= 0.6 is 7.82 Å². The summed E-state index contributed by atoms with van der Waals surface area (Å²) in [6, 6.07) is 0. The second-order valence-electron chi connectivity index (χ2n) is 17.5. The van der Waals surface area contributed by atoms with Crippen molar-refractivity contribution in [2.75, 3.05) is 54.1 Å². The van der Waals surface area contributed by atoms with E-state index in [1.807, 2.05) is 21.1 Å². The van der Waals surface area contributed by atoms with Gasteiger partial charge in [0.25, 0.3) is 0 Å². The van der Waals surface area contributed by atoms with Gasteiger partial charge in [-0.15, -0.1) is 0 Å². The fourth-order valence-electron chi connectivity index (χ4n) is 6.33. The van der Waals surface area contributed by atoms with Crippen LogP contribution in [-0.4, -0.2) is 75.6 Å². The lowest BCUT2D eigenvalue weighted by molar-refractivity contribution is -0.870. The standard InChI is InChI=1S/C54H94NO7P/c1-6-8-10-12-14-16-18-20-22-24-25-26-27-28-29-30-31-32-33-35-37-39-41-43-45-47-54(56)62-53(52-61-63(57,58)60-50-48-55(3,4)5)51-59-49-46-44-42-40-38-36-34-23-21-19-17-15-13-11-9-7-2/h9,11,15,17-18,20-21,23-25,27-28,36,38,42,44,53H,6-8,10,12-14,16,19,22,26,29-35,37,39-41,43,45-52H2,1-5H3/p+1/b11-9-,17-15-,20-18-,23-21-,25-24-,28-27-,38-36-,44-42-. The van der Waals surface area contributed by atoms with Gasteiger partial charge in [0.1, 0.15) is 19.3 Å². The van der Waals surface area contributed by atoms with Crippen LogP contribution in [-0.2, 0) is 27.9 Å². The largest absolute Gasteiger partial charge is 0.472 e. The Kier molecular flexibility index (Phi) is 44.1. The van der Waals surface area contributed by atoms with Gasteiger partial charge in [-0.2, -0.15) is 0 Å². The normalized spacial score (nSPS) is 14.4. The van der Waals surface area contributed by atoms with Crippen molar-refractivity contribution in [3.63, 3.8) is 0 Å². The van der Waals surface area contributed by atoms with Gasteiger partial charge in [0.05, 0.1) is 41.0 Å². The fourth-order valence-corrected chi connectivity index (χ4v) is 7.07. The van der Waals surface area contributed by atoms with Crippen LogP contribution in [0.15, 0.2) is 97.2 Å². The van der Waals surface area contributed by atoms with E-state index >= 15 is 0 Å². The summed E-state index contributed by atoms with van der Waals surface area (Å²) in [6.45, 7) is 5.24. The number of quaternary nitrogens is 1. The maximum Gasteiger partial charge on any atom is 0.472 e. The Hall–Kier alpha value is -2.58. The summed E-state index contributed by atoms with van der Waals surface area (Å²) in [5.74, 6) is -0.346. The maximum atomic E-state index is 12.7. The Bertz CT molecular complexity index is 1320. The minimum absolute atomic E-state index is 0.0693. The monoisotopic (exact) mass is 901 g/mol. The summed E-state index contributed by atoms with van der Waals surface area (Å²) in [5.41, 5.74) is 0. The third kappa shape index (κ3) is 50.3. The van der Waals surface area contributed by atoms with E-state index in [1.165, 1.54) is 89.9 Å². The Morgan fingerprint density at radius 3 is 1.38 bits per heavy atom. The van der Waals surface area contributed by atoms with Crippen LogP contribution < -0.4 is 0 Å². The highest BCUT2D eigenvalue weighted by Gasteiger charge is 2.26. The lowest BCUT2D eigenvalue weighted by Gasteiger charge is -2.24. The number of rotatable bonds is 45. The summed E-state index contributed by atoms with van der Waals surface area (Å²) in [4.78, 5) is 23.0. The molecular formula is C54H95NO7P+. The summed E-state index contributed by atoms with van der Waals surface area (Å²) >= 11 is 0. The molecule has 2 atom stereocenters. The molecule has 63 heavy (non-hydrogen) atoms. The van der Waals surface area contributed by atoms with Crippen LogP contribution in [0.2, 0.25) is 0 Å². The molecule has 0 aromatic heterocycles. The first kappa shape index (κ1) is 60.4. The van der Waals surface area contributed by atoms with Crippen LogP contribution in [0.25, 0.3) is 0 Å². The fraction of sp³-hybridized carbons (Fsp3) is 0.685. The molecule has 0 aromatic carbocycles. The number of esters is 1. The molecule has 9 heteroatoms. The SMILES string of the molecule is CC/C=C\C/C=C\C/C=C\C/C=C\C/C=C\CCOCC(COP(=O)(O)OCC[N+](C)(C)C)OC(=O)CCCCCCCCCCCC/C=C\C/C=C\C/C=C\CCCCCCC. The Labute approximate surface area is 387 Å². The van der Waals surface area contributed by atoms with E-state index in [1.54, 1.807) is 0 Å². The zero-order valence-electron chi connectivity index (χ0n) is 41.0. The molecule has 8 nitrogen and oxygen atoms in total. The molecule has 0 radical (unpaired) electrons. The number of hydrogen-bond acceptors (Lipinski definition) is 6. The second kappa shape index (κ2) is 46.0. The molecule has 0 aliphatic carbocycles. The van der Waals surface area contributed by atoms with Crippen molar-refractivity contribution in [1.82, 2.24) is 0 Å². The molecule has 0 saturated heterocycles. The number of likely N-dealkylation sites (N-methyl/N-ethyl adjacent to an activating group) is 1. The first-order valence-electron chi connectivity index (χ1n) is 25.0. The topological polar surface area (TPSA) is 91.3 Å². The molecule has 0 saturated carbocycles. The summed E-state index contributed by atoms with van der Waals surface area (Å²) in [6.07, 6.45) is 63.4. The third-order valence-electron chi connectivity index (χ3n) is 10.1. The zero-order chi connectivity index (χ0) is 46.2. The molecule has 0 fully saturated rings. The van der Waals surface area contributed by atoms with Gasteiger partial charge in [0.2, 0.25) is 0 Å². The Morgan fingerprint density at radius 1 is 0.508 bits per heavy atom. The van der Waals surface area contributed by atoms with E-state index < -0.39 is 13.9 Å². The molecule has 0 rings (SSSR count). The van der Waals surface area contributed by atoms with Gasteiger partial charge < -0.3 is 18.9 Å². The molecule has 2 unspecified atom stereocenters. The summed E-state index contributed by atoms with van der Waals surface area (Å²) < 4.78 is 35.0. The number of carbonyl (C=O) groups is 1. The summed E-state index contributed by atoms with van der Waals surface area (Å²) in [5, 5.41) is 0. The van der Waals surface area contributed by atoms with Gasteiger partial charge in [-0.25, -0.2) is 4.57 Å². The first-order valence-corrected chi connectivity index (χ1v) is 26.5. The van der Waals surface area contributed by atoms with E-state index in [4.69, 9.17) is 18.5 Å². The molecule has 0 bridgehead atoms. The van der Waals surface area contributed by atoms with Crippen molar-refractivity contribution in [2.45, 2.75) is 187 Å². The maximum absolute atomic E-state index is 12.7. The molecular weight excluding hydrogens is 806 g/mol. The molecule has 0 aliphatic heterocycles. The molecule has 0 spiro atoms. The molecule has 0 amide bonds. The highest BCUT2D eigenvalue weighted by atomic mass is 31.2. The summed E-state index contributed by atoms with van der Waals surface area (Å²) in [7, 11) is 1.61. The Morgan fingerprint density at radius 2 is 0.921 bits per heavy atom. The minimum atomic E-state index is -4.31. The van der Waals surface area contributed by atoms with Gasteiger partial charge in [-0.3, -0.25) is 13.8 Å². The quantitative estimate of drug-likeness (QED) is 0.0214. The second-order valence-corrected chi connectivity index (χ2v) is 18.9. The highest BCUT2D eigenvalue weighted by Crippen LogP contribution is 2.43. The van der Waals surface area contributed by atoms with Crippen LogP contribution in [0, 0.1) is 0 Å². The third-order valence-corrected chi connectivity index (χ3v) is 11.1. The van der Waals surface area contributed by atoms with E-state index in [0.717, 1.165) is 64.2 Å². The molecule has 362 valence electrons. The number of unbranched alkanes of at least 4 members (excludes halogenated alkanes) is 15. The van der Waals surface area contributed by atoms with E-state index in [0.29, 0.717) is 30.5 Å². The number of allylic oxidation sites excluding steroid dienone is 15. The number of phosphoric acid groups is 1. The van der Waals surface area contributed by atoms with Gasteiger partial charge in [0, 0.05) is 6.42 Å². The van der Waals surface area contributed by atoms with Gasteiger partial charge in [-0.05, 0) is 83.5 Å². The van der Waals surface area contributed by atoms with Gasteiger partial charge in [0.15, 0.2) is 0 Å². The van der Waals surface area contributed by atoms with Crippen LogP contribution in [0.1, 0.15) is 181 Å². The van der Waals surface area contributed by atoms with Crippen molar-refractivity contribution < 1.29 is 37.3 Å². The smallest absolute Gasteiger partial charge is 0.457 e. The lowest BCUT2D eigenvalue weighted by atomic mass is 10.0. The average Bonchev–Trinajstić information content (AvgIpc) is 3.24. The number of nitrogens with zero attached hydrogens (tertiary/aromatic N) is 1. The first-order chi connectivity index (χ1) is 30.6.